The summed E-state index contributed by atoms with van der Waals surface area (Å²) in [6.45, 7) is 5.63. The first-order chi connectivity index (χ1) is 14.7. The van der Waals surface area contributed by atoms with Crippen LogP contribution in [0.5, 0.6) is 0 Å². The normalized spacial score (nSPS) is 19.3. The van der Waals surface area contributed by atoms with E-state index < -0.39 is 0 Å². The Balaban J connectivity index is 1.48. The van der Waals surface area contributed by atoms with Crippen LogP contribution >= 0.6 is 0 Å². The van der Waals surface area contributed by atoms with E-state index in [4.69, 9.17) is 9.26 Å². The smallest absolute Gasteiger partial charge is 0.308 e. The highest BCUT2D eigenvalue weighted by Crippen LogP contribution is 2.25. The average molecular weight is 415 g/mol. The lowest BCUT2D eigenvalue weighted by molar-refractivity contribution is -0.149. The molecule has 162 valence electrons. The Morgan fingerprint density at radius 2 is 2.10 bits per heavy atom. The van der Waals surface area contributed by atoms with Crippen LogP contribution in [0.3, 0.4) is 0 Å². The van der Waals surface area contributed by atoms with Gasteiger partial charge in [-0.25, -0.2) is 0 Å². The van der Waals surface area contributed by atoms with Crippen LogP contribution in [-0.2, 0) is 16.0 Å². The van der Waals surface area contributed by atoms with Crippen molar-refractivity contribution in [3.63, 3.8) is 0 Å². The van der Waals surface area contributed by atoms with E-state index in [1.807, 2.05) is 32.0 Å². The van der Waals surface area contributed by atoms with E-state index >= 15 is 0 Å². The van der Waals surface area contributed by atoms with Gasteiger partial charge in [0.1, 0.15) is 5.69 Å². The summed E-state index contributed by atoms with van der Waals surface area (Å²) in [6.07, 6.45) is 5.79. The Hall–Kier alpha value is -2.97. The number of hydrogen-bond donors (Lipinski definition) is 2. The molecule has 2 aromatic rings. The van der Waals surface area contributed by atoms with Gasteiger partial charge in [0, 0.05) is 31.7 Å². The fourth-order valence-corrected chi connectivity index (χ4v) is 3.46. The van der Waals surface area contributed by atoms with Crippen LogP contribution in [-0.4, -0.2) is 52.8 Å². The Morgan fingerprint density at radius 1 is 1.27 bits per heavy atom. The summed E-state index contributed by atoms with van der Waals surface area (Å²) in [4.78, 5) is 25.1. The number of aromatic nitrogens is 3. The first kappa shape index (κ1) is 21.7. The average Bonchev–Trinajstić information content (AvgIpc) is 3.24. The Bertz CT molecular complexity index is 815. The predicted molar refractivity (Wildman–Crippen MR) is 113 cm³/mol. The molecule has 2 aromatic heterocycles. The first-order valence-electron chi connectivity index (χ1n) is 10.6. The van der Waals surface area contributed by atoms with Gasteiger partial charge in [0.05, 0.1) is 12.5 Å². The largest absolute Gasteiger partial charge is 0.466 e. The number of esters is 1. The van der Waals surface area contributed by atoms with Crippen LogP contribution < -0.4 is 10.6 Å². The molecule has 2 heterocycles. The van der Waals surface area contributed by atoms with Crippen molar-refractivity contribution in [2.75, 3.05) is 19.7 Å². The number of ether oxygens (including phenoxy) is 1. The summed E-state index contributed by atoms with van der Waals surface area (Å²) in [7, 11) is 0. The topological polar surface area (TPSA) is 115 Å². The van der Waals surface area contributed by atoms with Crippen LogP contribution in [0.15, 0.2) is 33.9 Å². The molecule has 1 aliphatic rings. The Kier molecular flexibility index (Phi) is 8.17. The van der Waals surface area contributed by atoms with Gasteiger partial charge in [0.25, 0.3) is 5.89 Å². The zero-order chi connectivity index (χ0) is 21.2. The van der Waals surface area contributed by atoms with Crippen molar-refractivity contribution in [2.45, 2.75) is 52.0 Å². The van der Waals surface area contributed by atoms with Crippen LogP contribution in [0.25, 0.3) is 11.6 Å². The molecule has 9 nitrogen and oxygen atoms in total. The number of nitrogens with one attached hydrogen (secondary N) is 2. The van der Waals surface area contributed by atoms with Crippen molar-refractivity contribution < 1.29 is 14.1 Å². The maximum absolute atomic E-state index is 11.9. The van der Waals surface area contributed by atoms with Gasteiger partial charge in [-0.3, -0.25) is 14.8 Å². The third-order valence-electron chi connectivity index (χ3n) is 4.99. The molecule has 0 amide bonds. The number of rotatable bonds is 8. The van der Waals surface area contributed by atoms with Gasteiger partial charge in [0.15, 0.2) is 11.8 Å². The molecular formula is C21H30N6O3. The third-order valence-corrected chi connectivity index (χ3v) is 4.99. The Morgan fingerprint density at radius 3 is 2.80 bits per heavy atom. The van der Waals surface area contributed by atoms with Crippen molar-refractivity contribution in [2.24, 2.45) is 10.9 Å². The summed E-state index contributed by atoms with van der Waals surface area (Å²) in [6, 6.07) is 5.85. The molecule has 30 heavy (non-hydrogen) atoms. The molecule has 0 spiro atoms. The first-order valence-corrected chi connectivity index (χ1v) is 10.6. The van der Waals surface area contributed by atoms with Crippen LogP contribution in [0.2, 0.25) is 0 Å². The van der Waals surface area contributed by atoms with Gasteiger partial charge in [0.2, 0.25) is 0 Å². The van der Waals surface area contributed by atoms with Gasteiger partial charge in [-0.1, -0.05) is 11.2 Å². The van der Waals surface area contributed by atoms with Gasteiger partial charge in [-0.2, -0.15) is 4.98 Å². The second-order valence-corrected chi connectivity index (χ2v) is 7.19. The van der Waals surface area contributed by atoms with Crippen LogP contribution in [0.1, 0.15) is 45.4 Å². The van der Waals surface area contributed by atoms with E-state index in [1.165, 1.54) is 0 Å². The zero-order valence-corrected chi connectivity index (χ0v) is 17.6. The molecular weight excluding hydrogens is 384 g/mol. The zero-order valence-electron chi connectivity index (χ0n) is 17.6. The minimum absolute atomic E-state index is 0.0223. The second kappa shape index (κ2) is 11.3. The molecule has 3 rings (SSSR count). The van der Waals surface area contributed by atoms with Crippen LogP contribution in [0, 0.1) is 5.92 Å². The molecule has 1 fully saturated rings. The number of aliphatic imine (C=N–C) groups is 1. The van der Waals surface area contributed by atoms with E-state index in [2.05, 4.69) is 30.8 Å². The molecule has 0 aromatic carbocycles. The third kappa shape index (κ3) is 6.27. The maximum atomic E-state index is 11.9. The molecule has 0 saturated heterocycles. The number of carbonyl (C=O) groups is 1. The number of nitrogens with zero attached hydrogens (tertiary/aromatic N) is 4. The summed E-state index contributed by atoms with van der Waals surface area (Å²) < 4.78 is 10.4. The van der Waals surface area contributed by atoms with Crippen molar-refractivity contribution >= 4 is 11.9 Å². The minimum Gasteiger partial charge on any atom is -0.466 e. The molecule has 0 atom stereocenters. The summed E-state index contributed by atoms with van der Waals surface area (Å²) >= 11 is 0. The molecule has 0 bridgehead atoms. The van der Waals surface area contributed by atoms with E-state index in [-0.39, 0.29) is 11.9 Å². The monoisotopic (exact) mass is 414 g/mol. The molecule has 0 unspecified atom stereocenters. The second-order valence-electron chi connectivity index (χ2n) is 7.19. The van der Waals surface area contributed by atoms with Crippen molar-refractivity contribution in [3.8, 4) is 11.6 Å². The number of guanidine groups is 1. The van der Waals surface area contributed by atoms with E-state index in [0.717, 1.165) is 38.2 Å². The molecule has 0 aliphatic heterocycles. The summed E-state index contributed by atoms with van der Waals surface area (Å²) in [5.41, 5.74) is 0.660. The van der Waals surface area contributed by atoms with E-state index in [9.17, 15) is 4.79 Å². The van der Waals surface area contributed by atoms with E-state index in [0.29, 0.717) is 43.0 Å². The fourth-order valence-electron chi connectivity index (χ4n) is 3.46. The molecule has 9 heteroatoms. The maximum Gasteiger partial charge on any atom is 0.308 e. The van der Waals surface area contributed by atoms with Gasteiger partial charge in [-0.15, -0.1) is 0 Å². The fraction of sp³-hybridized carbons (Fsp3) is 0.571. The number of pyridine rings is 1. The molecule has 1 saturated carbocycles. The Labute approximate surface area is 176 Å². The van der Waals surface area contributed by atoms with Crippen molar-refractivity contribution in [1.29, 1.82) is 0 Å². The lowest BCUT2D eigenvalue weighted by Crippen LogP contribution is -2.45. The lowest BCUT2D eigenvalue weighted by Gasteiger charge is -2.29. The van der Waals surface area contributed by atoms with Crippen molar-refractivity contribution in [3.05, 3.63) is 30.2 Å². The van der Waals surface area contributed by atoms with Crippen LogP contribution in [0.4, 0.5) is 0 Å². The van der Waals surface area contributed by atoms with Crippen molar-refractivity contribution in [1.82, 2.24) is 25.8 Å². The van der Waals surface area contributed by atoms with Gasteiger partial charge >= 0.3 is 5.97 Å². The lowest BCUT2D eigenvalue weighted by atomic mass is 9.86. The summed E-state index contributed by atoms with van der Waals surface area (Å²) in [5.74, 6) is 1.74. The van der Waals surface area contributed by atoms with Gasteiger partial charge < -0.3 is 19.9 Å². The standard InChI is InChI=1S/C21H30N6O3/c1-3-22-21(25-16-10-8-15(9-11-16)20(28)29-4-2)24-14-12-18-26-19(30-27-18)17-7-5-6-13-23-17/h5-7,13,15-16H,3-4,8-12,14H2,1-2H3,(H2,22,24,25). The SMILES string of the molecule is CCNC(=NCCc1noc(-c2ccccn2)n1)NC1CCC(C(=O)OCC)CC1. The highest BCUT2D eigenvalue weighted by Gasteiger charge is 2.27. The molecule has 2 N–H and O–H groups in total. The minimum atomic E-state index is -0.0679. The molecule has 0 radical (unpaired) electrons. The summed E-state index contributed by atoms with van der Waals surface area (Å²) in [5, 5.41) is 10.8. The highest BCUT2D eigenvalue weighted by atomic mass is 16.5. The highest BCUT2D eigenvalue weighted by molar-refractivity contribution is 5.80. The quantitative estimate of drug-likeness (QED) is 0.384. The number of carbonyl (C=O) groups excluding carboxylic acids is 1. The van der Waals surface area contributed by atoms with Gasteiger partial charge in [-0.05, 0) is 51.7 Å². The predicted octanol–water partition coefficient (Wildman–Crippen LogP) is 2.35. The molecule has 1 aliphatic carbocycles. The number of hydrogen-bond acceptors (Lipinski definition) is 7. The van der Waals surface area contributed by atoms with E-state index in [1.54, 1.807) is 6.20 Å².